The third kappa shape index (κ3) is 6.01. The summed E-state index contributed by atoms with van der Waals surface area (Å²) in [4.78, 5) is 32.7. The lowest BCUT2D eigenvalue weighted by Gasteiger charge is -2.27. The number of nitrogens with zero attached hydrogens (tertiary/aromatic N) is 3. The first-order valence-electron chi connectivity index (χ1n) is 9.66. The predicted octanol–water partition coefficient (Wildman–Crippen LogP) is 4.18. The Morgan fingerprint density at radius 3 is 1.70 bits per heavy atom. The zero-order valence-corrected chi connectivity index (χ0v) is 18.9. The van der Waals surface area contributed by atoms with Crippen molar-refractivity contribution in [3.05, 3.63) is 18.2 Å². The molecule has 0 spiro atoms. The van der Waals surface area contributed by atoms with E-state index in [1.807, 2.05) is 0 Å². The summed E-state index contributed by atoms with van der Waals surface area (Å²) < 4.78 is 21.5. The van der Waals surface area contributed by atoms with E-state index in [-0.39, 0.29) is 19.0 Å². The molecule has 1 fully saturated rings. The highest BCUT2D eigenvalue weighted by atomic mass is 16.6. The third-order valence-electron chi connectivity index (χ3n) is 3.85. The van der Waals surface area contributed by atoms with Gasteiger partial charge in [-0.15, -0.1) is 0 Å². The summed E-state index contributed by atoms with van der Waals surface area (Å²) in [6, 6.07) is 5.06. The van der Waals surface area contributed by atoms with Crippen LogP contribution >= 0.6 is 0 Å². The topological polar surface area (TPSA) is 89.9 Å². The van der Waals surface area contributed by atoms with Crippen molar-refractivity contribution in [2.45, 2.75) is 52.7 Å². The van der Waals surface area contributed by atoms with E-state index in [1.165, 1.54) is 24.0 Å². The summed E-state index contributed by atoms with van der Waals surface area (Å²) in [5.74, 6) is 1.15. The molecule has 2 amide bonds. The third-order valence-corrected chi connectivity index (χ3v) is 3.85. The van der Waals surface area contributed by atoms with Crippen LogP contribution in [0.4, 0.5) is 15.3 Å². The van der Waals surface area contributed by atoms with Gasteiger partial charge < -0.3 is 18.9 Å². The lowest BCUT2D eigenvalue weighted by atomic mass is 10.2. The number of guanidine groups is 1. The van der Waals surface area contributed by atoms with E-state index in [0.29, 0.717) is 17.2 Å². The van der Waals surface area contributed by atoms with Gasteiger partial charge in [0.2, 0.25) is 5.96 Å². The highest BCUT2D eigenvalue weighted by Crippen LogP contribution is 2.32. The monoisotopic (exact) mass is 421 g/mol. The second-order valence-electron chi connectivity index (χ2n) is 8.72. The molecule has 9 nitrogen and oxygen atoms in total. The maximum Gasteiger partial charge on any atom is 0.417 e. The first-order chi connectivity index (χ1) is 13.8. The smallest absolute Gasteiger partial charge is 0.417 e. The normalized spacial score (nSPS) is 14.5. The molecule has 0 saturated carbocycles. The molecule has 9 heteroatoms. The molecule has 2 rings (SSSR count). The van der Waals surface area contributed by atoms with Crippen molar-refractivity contribution in [3.63, 3.8) is 0 Å². The highest BCUT2D eigenvalue weighted by Gasteiger charge is 2.39. The molecule has 1 aliphatic rings. The first-order valence-corrected chi connectivity index (χ1v) is 9.66. The minimum absolute atomic E-state index is 0.130. The van der Waals surface area contributed by atoms with Crippen molar-refractivity contribution < 1.29 is 28.5 Å². The van der Waals surface area contributed by atoms with Gasteiger partial charge in [0.1, 0.15) is 11.2 Å². The fourth-order valence-electron chi connectivity index (χ4n) is 2.66. The number of hydrogen-bond donors (Lipinski definition) is 0. The standard InChI is InChI=1S/C21H31N3O6/c1-20(2,3)29-18(25)23-11-12-24(19(26)30-21(4,5)6)17(23)22-14-9-10-15(27-7)16(13-14)28-8/h9-10,13H,11-12H2,1-8H3. The van der Waals surface area contributed by atoms with E-state index in [4.69, 9.17) is 18.9 Å². The zero-order valence-electron chi connectivity index (χ0n) is 18.9. The van der Waals surface area contributed by atoms with Crippen molar-refractivity contribution >= 4 is 23.8 Å². The number of carbonyl (C=O) groups is 2. The van der Waals surface area contributed by atoms with E-state index in [0.717, 1.165) is 0 Å². The van der Waals surface area contributed by atoms with Gasteiger partial charge in [-0.1, -0.05) is 0 Å². The molecule has 0 unspecified atom stereocenters. The van der Waals surface area contributed by atoms with Crippen molar-refractivity contribution in [2.75, 3.05) is 27.3 Å². The molecule has 1 saturated heterocycles. The SMILES string of the molecule is COc1ccc(N=C2N(C(=O)OC(C)(C)C)CCN2C(=O)OC(C)(C)C)cc1OC. The molecular formula is C21H31N3O6. The van der Waals surface area contributed by atoms with E-state index >= 15 is 0 Å². The molecular weight excluding hydrogens is 390 g/mol. The van der Waals surface area contributed by atoms with Gasteiger partial charge >= 0.3 is 12.2 Å². The van der Waals surface area contributed by atoms with Crippen molar-refractivity contribution in [2.24, 2.45) is 4.99 Å². The number of methoxy groups -OCH3 is 2. The Morgan fingerprint density at radius 2 is 1.30 bits per heavy atom. The van der Waals surface area contributed by atoms with Gasteiger partial charge in [0.25, 0.3) is 0 Å². The fraction of sp³-hybridized carbons (Fsp3) is 0.571. The number of hydrogen-bond acceptors (Lipinski definition) is 7. The quantitative estimate of drug-likeness (QED) is 0.727. The second kappa shape index (κ2) is 8.81. The van der Waals surface area contributed by atoms with Gasteiger partial charge in [0.15, 0.2) is 11.5 Å². The molecule has 0 radical (unpaired) electrons. The molecule has 1 heterocycles. The summed E-state index contributed by atoms with van der Waals surface area (Å²) in [5, 5.41) is 0. The van der Waals surface area contributed by atoms with Crippen LogP contribution in [0.1, 0.15) is 41.5 Å². The van der Waals surface area contributed by atoms with E-state index in [9.17, 15) is 9.59 Å². The van der Waals surface area contributed by atoms with Crippen LogP contribution < -0.4 is 9.47 Å². The van der Waals surface area contributed by atoms with Gasteiger partial charge in [-0.2, -0.15) is 0 Å². The Labute approximate surface area is 177 Å². The number of amides is 2. The molecule has 0 aliphatic carbocycles. The minimum atomic E-state index is -0.690. The van der Waals surface area contributed by atoms with Gasteiger partial charge in [-0.05, 0) is 53.7 Å². The van der Waals surface area contributed by atoms with Crippen LogP contribution in [-0.4, -0.2) is 66.5 Å². The molecule has 1 aromatic carbocycles. The number of aliphatic imine (C=N–C) groups is 1. The van der Waals surface area contributed by atoms with Crippen LogP contribution in [-0.2, 0) is 9.47 Å². The lowest BCUT2D eigenvalue weighted by Crippen LogP contribution is -2.44. The van der Waals surface area contributed by atoms with Crippen LogP contribution in [0.5, 0.6) is 11.5 Å². The number of ether oxygens (including phenoxy) is 4. The summed E-state index contributed by atoms with van der Waals surface area (Å²) in [7, 11) is 3.05. The molecule has 166 valence electrons. The molecule has 1 aromatic rings. The average Bonchev–Trinajstić information content (AvgIpc) is 3.02. The lowest BCUT2D eigenvalue weighted by molar-refractivity contribution is 0.0375. The number of carbonyl (C=O) groups excluding carboxylic acids is 2. The van der Waals surface area contributed by atoms with Crippen LogP contribution in [0.25, 0.3) is 0 Å². The van der Waals surface area contributed by atoms with Crippen molar-refractivity contribution in [1.29, 1.82) is 0 Å². The average molecular weight is 421 g/mol. The molecule has 30 heavy (non-hydrogen) atoms. The van der Waals surface area contributed by atoms with Crippen LogP contribution in [0.3, 0.4) is 0 Å². The van der Waals surface area contributed by atoms with Crippen molar-refractivity contribution in [1.82, 2.24) is 9.80 Å². The first kappa shape index (κ1) is 23.3. The summed E-state index contributed by atoms with van der Waals surface area (Å²) in [6.07, 6.45) is -1.18. The Morgan fingerprint density at radius 1 is 0.833 bits per heavy atom. The van der Waals surface area contributed by atoms with Gasteiger partial charge in [-0.3, -0.25) is 0 Å². The Kier molecular flexibility index (Phi) is 6.84. The van der Waals surface area contributed by atoms with E-state index < -0.39 is 23.4 Å². The minimum Gasteiger partial charge on any atom is -0.493 e. The van der Waals surface area contributed by atoms with Crippen molar-refractivity contribution in [3.8, 4) is 11.5 Å². The van der Waals surface area contributed by atoms with Crippen LogP contribution in [0.2, 0.25) is 0 Å². The summed E-state index contributed by atoms with van der Waals surface area (Å²) in [5.41, 5.74) is -0.901. The van der Waals surface area contributed by atoms with Gasteiger partial charge in [0.05, 0.1) is 33.0 Å². The zero-order chi connectivity index (χ0) is 22.7. The number of rotatable bonds is 3. The highest BCUT2D eigenvalue weighted by molar-refractivity contribution is 6.04. The number of benzene rings is 1. The predicted molar refractivity (Wildman–Crippen MR) is 113 cm³/mol. The maximum absolute atomic E-state index is 12.7. The molecule has 0 aromatic heterocycles. The molecule has 0 bridgehead atoms. The van der Waals surface area contributed by atoms with E-state index in [1.54, 1.807) is 59.7 Å². The van der Waals surface area contributed by atoms with Crippen LogP contribution in [0.15, 0.2) is 23.2 Å². The van der Waals surface area contributed by atoms with Crippen LogP contribution in [0, 0.1) is 0 Å². The largest absolute Gasteiger partial charge is 0.493 e. The Balaban J connectivity index is 2.44. The van der Waals surface area contributed by atoms with Gasteiger partial charge in [-0.25, -0.2) is 24.4 Å². The summed E-state index contributed by atoms with van der Waals surface area (Å²) in [6.45, 7) is 11.1. The Hall–Kier alpha value is -2.97. The van der Waals surface area contributed by atoms with E-state index in [2.05, 4.69) is 4.99 Å². The molecule has 0 N–H and O–H groups in total. The second-order valence-corrected chi connectivity index (χ2v) is 8.72. The fourth-order valence-corrected chi connectivity index (χ4v) is 2.66. The molecule has 0 atom stereocenters. The molecule has 1 aliphatic heterocycles. The maximum atomic E-state index is 12.7. The summed E-state index contributed by atoms with van der Waals surface area (Å²) >= 11 is 0. The Bertz CT molecular complexity index is 785. The van der Waals surface area contributed by atoms with Gasteiger partial charge in [0, 0.05) is 6.07 Å².